The van der Waals surface area contributed by atoms with Gasteiger partial charge >= 0.3 is 11.8 Å². The van der Waals surface area contributed by atoms with E-state index >= 15 is 0 Å². The number of carbonyl (C=O) groups excluding carboxylic acids is 2. The predicted octanol–water partition coefficient (Wildman–Crippen LogP) is 6.41. The Kier molecular flexibility index (Phi) is 7.27. The number of anilines is 1. The molecule has 11 heteroatoms. The van der Waals surface area contributed by atoms with Gasteiger partial charge in [-0.25, -0.2) is 4.79 Å². The molecule has 0 bridgehead atoms. The van der Waals surface area contributed by atoms with E-state index in [-0.39, 0.29) is 24.4 Å². The molecule has 4 aromatic rings. The summed E-state index contributed by atoms with van der Waals surface area (Å²) < 4.78 is 11.1. The maximum Gasteiger partial charge on any atom is 0.408 e. The van der Waals surface area contributed by atoms with Crippen molar-refractivity contribution in [2.45, 2.75) is 44.9 Å². The van der Waals surface area contributed by atoms with Gasteiger partial charge in [0.2, 0.25) is 5.76 Å². The van der Waals surface area contributed by atoms with E-state index in [1.165, 1.54) is 0 Å². The summed E-state index contributed by atoms with van der Waals surface area (Å²) in [5, 5.41) is 19.5. The maximum atomic E-state index is 14.4. The van der Waals surface area contributed by atoms with E-state index in [0.717, 1.165) is 5.56 Å². The molecule has 1 N–H and O–H groups in total. The highest BCUT2D eigenvalue weighted by atomic mass is 35.5. The van der Waals surface area contributed by atoms with Crippen LogP contribution in [-0.2, 0) is 28.0 Å². The number of amides is 2. The second kappa shape index (κ2) is 10.7. The number of para-hydroxylation sites is 1. The van der Waals surface area contributed by atoms with Crippen LogP contribution in [0.1, 0.15) is 37.7 Å². The number of fused-ring (bicyclic) bond motifs is 1. The van der Waals surface area contributed by atoms with E-state index in [9.17, 15) is 19.7 Å². The summed E-state index contributed by atoms with van der Waals surface area (Å²) in [5.74, 6) is -0.673. The van der Waals surface area contributed by atoms with Gasteiger partial charge < -0.3 is 19.5 Å². The van der Waals surface area contributed by atoms with Gasteiger partial charge in [0.05, 0.1) is 23.6 Å². The summed E-state index contributed by atoms with van der Waals surface area (Å²) in [5.41, 5.74) is -0.805. The molecule has 2 amide bonds. The summed E-state index contributed by atoms with van der Waals surface area (Å²) in [6.07, 6.45) is -1.24. The van der Waals surface area contributed by atoms with Gasteiger partial charge in [-0.2, -0.15) is 0 Å². The van der Waals surface area contributed by atoms with E-state index in [1.807, 2.05) is 30.3 Å². The quantitative estimate of drug-likeness (QED) is 0.199. The Hall–Kier alpha value is -4.70. The van der Waals surface area contributed by atoms with Crippen molar-refractivity contribution in [3.63, 3.8) is 0 Å². The topological polar surface area (TPSA) is 128 Å². The average molecular weight is 575 g/mol. The first-order valence-corrected chi connectivity index (χ1v) is 13.2. The third-order valence-electron chi connectivity index (χ3n) is 6.62. The smallest absolute Gasteiger partial charge is 0.408 e. The van der Waals surface area contributed by atoms with Crippen molar-refractivity contribution in [3.8, 4) is 11.3 Å². The molecule has 2 heterocycles. The molecule has 0 spiro atoms. The summed E-state index contributed by atoms with van der Waals surface area (Å²) in [6.45, 7) is 5.31. The van der Waals surface area contributed by atoms with Gasteiger partial charge in [-0.05, 0) is 44.5 Å². The van der Waals surface area contributed by atoms with E-state index in [1.54, 1.807) is 74.2 Å². The zero-order valence-corrected chi connectivity index (χ0v) is 23.3. The van der Waals surface area contributed by atoms with Crippen LogP contribution in [0.25, 0.3) is 11.3 Å². The number of nitrogens with zero attached hydrogens (tertiary/aromatic N) is 3. The first-order chi connectivity index (χ1) is 19.5. The molecule has 0 saturated heterocycles. The normalized spacial score (nSPS) is 16.4. The molecule has 3 aromatic carbocycles. The van der Waals surface area contributed by atoms with Gasteiger partial charge in [-0.3, -0.25) is 14.9 Å². The van der Waals surface area contributed by atoms with Gasteiger partial charge in [0.1, 0.15) is 5.60 Å². The number of carbonyl (C=O) groups is 2. The van der Waals surface area contributed by atoms with Crippen LogP contribution in [0.15, 0.2) is 83.4 Å². The van der Waals surface area contributed by atoms with Crippen molar-refractivity contribution < 1.29 is 23.8 Å². The standard InChI is InChI=1S/C30H27ClN4O6/c1-29(2,3)40-28(37)32-30(17-24-26(35(38)39)25(33-41-24)20-13-15-21(31)16-14-20)22-11-7-8-12-23(22)34(27(30)36)18-19-9-5-4-6-10-19/h4-16H,17-18H2,1-3H3,(H,32,37)/t30-/m1/s1. The fourth-order valence-electron chi connectivity index (χ4n) is 4.92. The second-order valence-electron chi connectivity index (χ2n) is 10.7. The van der Waals surface area contributed by atoms with Crippen LogP contribution in [-0.4, -0.2) is 27.7 Å². The second-order valence-corrected chi connectivity index (χ2v) is 11.1. The predicted molar refractivity (Wildman–Crippen MR) is 152 cm³/mol. The molecule has 210 valence electrons. The van der Waals surface area contributed by atoms with Gasteiger partial charge in [0, 0.05) is 16.1 Å². The van der Waals surface area contributed by atoms with E-state index in [4.69, 9.17) is 20.9 Å². The van der Waals surface area contributed by atoms with Crippen molar-refractivity contribution in [1.82, 2.24) is 10.5 Å². The highest BCUT2D eigenvalue weighted by molar-refractivity contribution is 6.30. The zero-order chi connectivity index (χ0) is 29.4. The number of alkyl carbamates (subject to hydrolysis) is 1. The molecule has 0 radical (unpaired) electrons. The molecule has 1 aliphatic heterocycles. The number of nitro groups is 1. The minimum atomic E-state index is -1.78. The molecule has 1 aromatic heterocycles. The number of nitrogens with one attached hydrogen (secondary N) is 1. The van der Waals surface area contributed by atoms with E-state index < -0.39 is 33.8 Å². The molecule has 0 unspecified atom stereocenters. The molecule has 1 aliphatic rings. The first-order valence-electron chi connectivity index (χ1n) is 12.8. The molecule has 10 nitrogen and oxygen atoms in total. The lowest BCUT2D eigenvalue weighted by molar-refractivity contribution is -0.385. The lowest BCUT2D eigenvalue weighted by Gasteiger charge is -2.30. The summed E-state index contributed by atoms with van der Waals surface area (Å²) >= 11 is 6.00. The summed E-state index contributed by atoms with van der Waals surface area (Å²) in [7, 11) is 0. The van der Waals surface area contributed by atoms with E-state index in [2.05, 4.69) is 10.5 Å². The molecular formula is C30H27ClN4O6. The fraction of sp³-hybridized carbons (Fsp3) is 0.233. The van der Waals surface area contributed by atoms with Crippen molar-refractivity contribution in [3.05, 3.63) is 111 Å². The lowest BCUT2D eigenvalue weighted by atomic mass is 9.86. The number of halogens is 1. The molecule has 0 saturated carbocycles. The Bertz CT molecular complexity index is 1610. The molecule has 1 atom stereocenters. The molecule has 5 rings (SSSR count). The molecule has 0 aliphatic carbocycles. The summed E-state index contributed by atoms with van der Waals surface area (Å²) in [6, 6.07) is 22.7. The minimum Gasteiger partial charge on any atom is -0.444 e. The highest BCUT2D eigenvalue weighted by Crippen LogP contribution is 2.45. The SMILES string of the molecule is CC(C)(C)OC(=O)N[C@@]1(Cc2onc(-c3ccc(Cl)cc3)c2[N+](=O)[O-])C(=O)N(Cc2ccccc2)c2ccccc21. The number of hydrogen-bond acceptors (Lipinski definition) is 7. The monoisotopic (exact) mass is 574 g/mol. The van der Waals surface area contributed by atoms with Crippen LogP contribution in [0.5, 0.6) is 0 Å². The van der Waals surface area contributed by atoms with Gasteiger partial charge in [-0.15, -0.1) is 0 Å². The number of rotatable bonds is 7. The molecule has 0 fully saturated rings. The van der Waals surface area contributed by atoms with Gasteiger partial charge in [-0.1, -0.05) is 77.4 Å². The Labute approximate surface area is 241 Å². The van der Waals surface area contributed by atoms with Crippen molar-refractivity contribution >= 4 is 35.0 Å². The van der Waals surface area contributed by atoms with Gasteiger partial charge in [0.25, 0.3) is 5.91 Å². The summed E-state index contributed by atoms with van der Waals surface area (Å²) in [4.78, 5) is 40.9. The maximum absolute atomic E-state index is 14.4. The Balaban J connectivity index is 1.64. The number of aromatic nitrogens is 1. The van der Waals surface area contributed by atoms with Crippen LogP contribution in [0.4, 0.5) is 16.2 Å². The van der Waals surface area contributed by atoms with Crippen LogP contribution in [0, 0.1) is 10.1 Å². The van der Waals surface area contributed by atoms with Crippen LogP contribution in [0.3, 0.4) is 0 Å². The highest BCUT2D eigenvalue weighted by Gasteiger charge is 2.54. The number of hydrogen-bond donors (Lipinski definition) is 1. The Morgan fingerprint density at radius 2 is 1.73 bits per heavy atom. The van der Waals surface area contributed by atoms with Gasteiger partial charge in [0.15, 0.2) is 11.2 Å². The Morgan fingerprint density at radius 1 is 1.07 bits per heavy atom. The molecule has 41 heavy (non-hydrogen) atoms. The number of ether oxygens (including phenoxy) is 1. The Morgan fingerprint density at radius 3 is 2.39 bits per heavy atom. The van der Waals surface area contributed by atoms with Crippen LogP contribution < -0.4 is 10.2 Å². The van der Waals surface area contributed by atoms with Crippen molar-refractivity contribution in [2.75, 3.05) is 4.90 Å². The third-order valence-corrected chi connectivity index (χ3v) is 6.88. The fourth-order valence-corrected chi connectivity index (χ4v) is 5.05. The average Bonchev–Trinajstić information content (AvgIpc) is 3.42. The number of benzene rings is 3. The molecular weight excluding hydrogens is 548 g/mol. The van der Waals surface area contributed by atoms with Crippen molar-refractivity contribution in [1.29, 1.82) is 0 Å². The van der Waals surface area contributed by atoms with Crippen LogP contribution >= 0.6 is 11.6 Å². The zero-order valence-electron chi connectivity index (χ0n) is 22.6. The van der Waals surface area contributed by atoms with Crippen molar-refractivity contribution in [2.24, 2.45) is 0 Å². The largest absolute Gasteiger partial charge is 0.444 e. The minimum absolute atomic E-state index is 0.0195. The first kappa shape index (κ1) is 27.9. The third kappa shape index (κ3) is 5.51. The van der Waals surface area contributed by atoms with E-state index in [0.29, 0.717) is 21.8 Å². The van der Waals surface area contributed by atoms with Crippen LogP contribution in [0.2, 0.25) is 5.02 Å². The lowest BCUT2D eigenvalue weighted by Crippen LogP contribution is -2.55.